The molecule has 0 amide bonds. The lowest BCUT2D eigenvalue weighted by molar-refractivity contribution is 0.704. The first-order chi connectivity index (χ1) is 7.66. The average Bonchev–Trinajstić information content (AvgIpc) is 2.75. The molecule has 6 heteroatoms. The van der Waals surface area contributed by atoms with E-state index in [1.165, 1.54) is 0 Å². The highest BCUT2D eigenvalue weighted by Crippen LogP contribution is 2.24. The third-order valence-electron chi connectivity index (χ3n) is 2.21. The van der Waals surface area contributed by atoms with Gasteiger partial charge in [-0.2, -0.15) is 8.75 Å². The van der Waals surface area contributed by atoms with Crippen LogP contribution in [0.4, 0.5) is 0 Å². The maximum Gasteiger partial charge on any atom is 0.0913 e. The van der Waals surface area contributed by atoms with Gasteiger partial charge in [0.1, 0.15) is 0 Å². The Kier molecular flexibility index (Phi) is 3.76. The van der Waals surface area contributed by atoms with Gasteiger partial charge < -0.3 is 5.73 Å². The van der Waals surface area contributed by atoms with E-state index in [0.29, 0.717) is 16.5 Å². The third kappa shape index (κ3) is 2.71. The van der Waals surface area contributed by atoms with Gasteiger partial charge in [0.25, 0.3) is 0 Å². The van der Waals surface area contributed by atoms with Crippen molar-refractivity contribution in [1.82, 2.24) is 8.75 Å². The summed E-state index contributed by atoms with van der Waals surface area (Å²) in [5.74, 6) is 0. The van der Waals surface area contributed by atoms with Gasteiger partial charge >= 0.3 is 0 Å². The van der Waals surface area contributed by atoms with Gasteiger partial charge in [0.05, 0.1) is 29.7 Å². The van der Waals surface area contributed by atoms with E-state index < -0.39 is 0 Å². The number of hydrogen-bond acceptors (Lipinski definition) is 4. The zero-order valence-corrected chi connectivity index (χ0v) is 10.6. The van der Waals surface area contributed by atoms with Gasteiger partial charge in [-0.25, -0.2) is 0 Å². The molecule has 0 fully saturated rings. The summed E-state index contributed by atoms with van der Waals surface area (Å²) in [7, 11) is 0. The minimum atomic E-state index is -0.183. The number of aromatic nitrogens is 2. The monoisotopic (exact) mass is 273 g/mol. The summed E-state index contributed by atoms with van der Waals surface area (Å²) in [6, 6.07) is 5.21. The van der Waals surface area contributed by atoms with Crippen LogP contribution in [0.25, 0.3) is 0 Å². The summed E-state index contributed by atoms with van der Waals surface area (Å²) < 4.78 is 8.01. The maximum absolute atomic E-state index is 6.06. The SMILES string of the molecule is NC(Cc1ccc(Cl)cc1Cl)c1cnsn1. The van der Waals surface area contributed by atoms with Gasteiger partial charge in [0.15, 0.2) is 0 Å². The summed E-state index contributed by atoms with van der Waals surface area (Å²) in [6.45, 7) is 0. The van der Waals surface area contributed by atoms with E-state index in [-0.39, 0.29) is 6.04 Å². The van der Waals surface area contributed by atoms with Crippen LogP contribution in [0.5, 0.6) is 0 Å². The first-order valence-corrected chi connectivity index (χ1v) is 6.12. The molecule has 0 spiro atoms. The second-order valence-corrected chi connectivity index (χ2v) is 4.78. The summed E-state index contributed by atoms with van der Waals surface area (Å²) in [5, 5.41) is 1.25. The summed E-state index contributed by atoms with van der Waals surface area (Å²) in [6.07, 6.45) is 2.31. The molecule has 1 atom stereocenters. The Balaban J connectivity index is 2.15. The third-order valence-corrected chi connectivity index (χ3v) is 3.29. The molecular formula is C10H9Cl2N3S. The zero-order valence-electron chi connectivity index (χ0n) is 8.23. The van der Waals surface area contributed by atoms with Crippen molar-refractivity contribution in [2.75, 3.05) is 0 Å². The first kappa shape index (κ1) is 11.8. The number of benzene rings is 1. The number of rotatable bonds is 3. The Labute approximate surface area is 108 Å². The van der Waals surface area contributed by atoms with Crippen molar-refractivity contribution >= 4 is 34.9 Å². The smallest absolute Gasteiger partial charge is 0.0913 e. The lowest BCUT2D eigenvalue weighted by Gasteiger charge is -2.09. The van der Waals surface area contributed by atoms with E-state index in [1.54, 1.807) is 18.3 Å². The normalized spacial score (nSPS) is 12.7. The van der Waals surface area contributed by atoms with Crippen LogP contribution in [0.1, 0.15) is 17.3 Å². The maximum atomic E-state index is 6.06. The molecule has 2 N–H and O–H groups in total. The van der Waals surface area contributed by atoms with E-state index in [9.17, 15) is 0 Å². The van der Waals surface area contributed by atoms with E-state index >= 15 is 0 Å². The summed E-state index contributed by atoms with van der Waals surface area (Å²) >= 11 is 13.0. The van der Waals surface area contributed by atoms with Crippen molar-refractivity contribution in [3.63, 3.8) is 0 Å². The molecule has 84 valence electrons. The fraction of sp³-hybridized carbons (Fsp3) is 0.200. The van der Waals surface area contributed by atoms with Gasteiger partial charge in [-0.1, -0.05) is 29.3 Å². The Hall–Kier alpha value is -0.680. The van der Waals surface area contributed by atoms with Crippen molar-refractivity contribution in [2.45, 2.75) is 12.5 Å². The van der Waals surface area contributed by atoms with Crippen LogP contribution in [-0.4, -0.2) is 8.75 Å². The molecule has 0 saturated carbocycles. The van der Waals surface area contributed by atoms with Crippen LogP contribution < -0.4 is 5.73 Å². The highest BCUT2D eigenvalue weighted by atomic mass is 35.5. The van der Waals surface area contributed by atoms with E-state index in [4.69, 9.17) is 28.9 Å². The second-order valence-electron chi connectivity index (χ2n) is 3.38. The van der Waals surface area contributed by atoms with Crippen LogP contribution in [0.3, 0.4) is 0 Å². The summed E-state index contributed by atoms with van der Waals surface area (Å²) in [4.78, 5) is 0. The fourth-order valence-electron chi connectivity index (χ4n) is 1.36. The zero-order chi connectivity index (χ0) is 11.5. The topological polar surface area (TPSA) is 51.8 Å². The molecule has 0 aliphatic carbocycles. The quantitative estimate of drug-likeness (QED) is 0.935. The van der Waals surface area contributed by atoms with Crippen LogP contribution >= 0.6 is 34.9 Å². The molecule has 0 aliphatic rings. The first-order valence-electron chi connectivity index (χ1n) is 4.64. The predicted molar refractivity (Wildman–Crippen MR) is 67.0 cm³/mol. The largest absolute Gasteiger partial charge is 0.322 e. The lowest BCUT2D eigenvalue weighted by atomic mass is 10.0. The predicted octanol–water partition coefficient (Wildman–Crippen LogP) is 3.09. The van der Waals surface area contributed by atoms with Crippen molar-refractivity contribution < 1.29 is 0 Å². The Morgan fingerprint density at radius 3 is 2.81 bits per heavy atom. The molecular weight excluding hydrogens is 265 g/mol. The average molecular weight is 274 g/mol. The second kappa shape index (κ2) is 5.10. The number of nitrogens with zero attached hydrogens (tertiary/aromatic N) is 2. The molecule has 3 nitrogen and oxygen atoms in total. The van der Waals surface area contributed by atoms with Crippen molar-refractivity contribution in [3.8, 4) is 0 Å². The fourth-order valence-corrected chi connectivity index (χ4v) is 2.33. The molecule has 0 saturated heterocycles. The molecule has 0 aliphatic heterocycles. The van der Waals surface area contributed by atoms with Gasteiger partial charge in [0, 0.05) is 10.0 Å². The van der Waals surface area contributed by atoms with E-state index in [1.807, 2.05) is 6.07 Å². The highest BCUT2D eigenvalue weighted by molar-refractivity contribution is 6.99. The molecule has 1 unspecified atom stereocenters. The van der Waals surface area contributed by atoms with Gasteiger partial charge in [-0.15, -0.1) is 0 Å². The van der Waals surface area contributed by atoms with Crippen molar-refractivity contribution in [3.05, 3.63) is 45.7 Å². The molecule has 2 rings (SSSR count). The molecule has 0 radical (unpaired) electrons. The van der Waals surface area contributed by atoms with E-state index in [0.717, 1.165) is 23.0 Å². The van der Waals surface area contributed by atoms with Gasteiger partial charge in [-0.05, 0) is 24.1 Å². The number of hydrogen-bond donors (Lipinski definition) is 1. The van der Waals surface area contributed by atoms with Crippen LogP contribution in [-0.2, 0) is 6.42 Å². The Bertz CT molecular complexity index is 473. The molecule has 1 aromatic carbocycles. The van der Waals surface area contributed by atoms with Crippen LogP contribution in [0.2, 0.25) is 10.0 Å². The summed E-state index contributed by atoms with van der Waals surface area (Å²) in [5.41, 5.74) is 7.74. The standard InChI is InChI=1S/C10H9Cl2N3S/c11-7-2-1-6(8(12)4-7)3-9(13)10-5-14-16-15-10/h1-2,4-5,9H,3,13H2. The molecule has 16 heavy (non-hydrogen) atoms. The van der Waals surface area contributed by atoms with Crippen molar-refractivity contribution in [2.24, 2.45) is 5.73 Å². The molecule has 1 heterocycles. The Morgan fingerprint density at radius 1 is 1.38 bits per heavy atom. The minimum absolute atomic E-state index is 0.183. The van der Waals surface area contributed by atoms with E-state index in [2.05, 4.69) is 8.75 Å². The van der Waals surface area contributed by atoms with Gasteiger partial charge in [-0.3, -0.25) is 0 Å². The Morgan fingerprint density at radius 2 is 2.19 bits per heavy atom. The lowest BCUT2D eigenvalue weighted by Crippen LogP contribution is -2.13. The van der Waals surface area contributed by atoms with Crippen LogP contribution in [0.15, 0.2) is 24.4 Å². The molecule has 0 bridgehead atoms. The van der Waals surface area contributed by atoms with Crippen molar-refractivity contribution in [1.29, 1.82) is 0 Å². The number of halogens is 2. The minimum Gasteiger partial charge on any atom is -0.322 e. The molecule has 2 aromatic rings. The number of nitrogens with two attached hydrogens (primary N) is 1. The molecule has 1 aromatic heterocycles. The van der Waals surface area contributed by atoms with Gasteiger partial charge in [0.2, 0.25) is 0 Å². The van der Waals surface area contributed by atoms with Crippen LogP contribution in [0, 0.1) is 0 Å². The highest BCUT2D eigenvalue weighted by Gasteiger charge is 2.12.